The van der Waals surface area contributed by atoms with Crippen molar-refractivity contribution in [2.75, 3.05) is 0 Å². The number of H-pyrrole nitrogens is 2. The van der Waals surface area contributed by atoms with Gasteiger partial charge in [-0.05, 0) is 29.9 Å². The Morgan fingerprint density at radius 3 is 2.59 bits per heavy atom. The number of imidazole rings is 1. The molecule has 4 heterocycles. The lowest BCUT2D eigenvalue weighted by molar-refractivity contribution is -0.148. The molecule has 9 nitrogen and oxygen atoms in total. The van der Waals surface area contributed by atoms with Crippen molar-refractivity contribution in [3.63, 3.8) is 0 Å². The topological polar surface area (TPSA) is 114 Å². The molecule has 204 valence electrons. The molecule has 1 aliphatic carbocycles. The number of halogens is 6. The van der Waals surface area contributed by atoms with Gasteiger partial charge in [-0.3, -0.25) is 14.5 Å². The maximum Gasteiger partial charge on any atom is 0.435 e. The minimum absolute atomic E-state index is 0.0768. The summed E-state index contributed by atoms with van der Waals surface area (Å²) in [6, 6.07) is 4.00. The molecular weight excluding hydrogens is 532 g/mol. The van der Waals surface area contributed by atoms with Crippen molar-refractivity contribution < 1.29 is 26.3 Å². The van der Waals surface area contributed by atoms with E-state index in [-0.39, 0.29) is 34.8 Å². The first-order valence-corrected chi connectivity index (χ1v) is 11.9. The summed E-state index contributed by atoms with van der Waals surface area (Å²) >= 11 is 0. The van der Waals surface area contributed by atoms with Crippen molar-refractivity contribution in [2.45, 2.75) is 44.1 Å². The summed E-state index contributed by atoms with van der Waals surface area (Å²) in [5.74, 6) is -0.221. The van der Waals surface area contributed by atoms with Gasteiger partial charge in [-0.1, -0.05) is 19.1 Å². The van der Waals surface area contributed by atoms with Crippen LogP contribution in [0.3, 0.4) is 0 Å². The highest BCUT2D eigenvalue weighted by Gasteiger charge is 2.50. The molecule has 2 N–H and O–H groups in total. The number of nitrogens with zero attached hydrogens (tertiary/aromatic N) is 5. The third-order valence-electron chi connectivity index (χ3n) is 7.33. The van der Waals surface area contributed by atoms with Crippen LogP contribution in [0.1, 0.15) is 47.8 Å². The molecule has 1 fully saturated rings. The smallest absolute Gasteiger partial charge is 0.313 e. The zero-order chi connectivity index (χ0) is 27.9. The molecule has 0 saturated heterocycles. The molecule has 15 heteroatoms. The lowest BCUT2D eigenvalue weighted by Crippen LogP contribution is -2.35. The molecule has 1 saturated carbocycles. The van der Waals surface area contributed by atoms with E-state index in [0.29, 0.717) is 28.2 Å². The maximum absolute atomic E-state index is 13.5. The van der Waals surface area contributed by atoms with Crippen LogP contribution >= 0.6 is 0 Å². The molecule has 2 aliphatic rings. The zero-order valence-corrected chi connectivity index (χ0v) is 20.0. The van der Waals surface area contributed by atoms with E-state index < -0.39 is 41.2 Å². The van der Waals surface area contributed by atoms with Crippen molar-refractivity contribution >= 4 is 16.6 Å². The van der Waals surface area contributed by atoms with Gasteiger partial charge >= 0.3 is 18.0 Å². The quantitative estimate of drug-likeness (QED) is 0.374. The van der Waals surface area contributed by atoms with E-state index in [2.05, 4.69) is 25.2 Å². The first kappa shape index (κ1) is 25.1. The molecule has 0 spiro atoms. The fourth-order valence-electron chi connectivity index (χ4n) is 5.61. The summed E-state index contributed by atoms with van der Waals surface area (Å²) < 4.78 is 81.8. The highest BCUT2D eigenvalue weighted by Crippen LogP contribution is 2.58. The second kappa shape index (κ2) is 8.41. The van der Waals surface area contributed by atoms with E-state index >= 15 is 0 Å². The van der Waals surface area contributed by atoms with E-state index in [1.165, 1.54) is 29.1 Å². The average Bonchev–Trinajstić information content (AvgIpc) is 3.32. The highest BCUT2D eigenvalue weighted by molar-refractivity contribution is 6.02. The standard InChI is InChI=1S/C24H19F6N7O2/c1-10-17(20-31-4-5-36(20)34-18(10)15-8-32-22(39)33-21(15)38)14-7-13(14)11-2-3-12-16(6-11)37(9-23(25,26)27)35-19(12)24(28,29)30/h2-6,8,10,13-14,17H,7,9H2,1H3,(H2,32,33,38,39)/t10?,13-,14+,17?/m1/s1. The van der Waals surface area contributed by atoms with Crippen LogP contribution in [0.4, 0.5) is 26.3 Å². The molecule has 4 atom stereocenters. The third kappa shape index (κ3) is 4.34. The number of alkyl halides is 6. The van der Waals surface area contributed by atoms with Crippen molar-refractivity contribution in [1.82, 2.24) is 29.4 Å². The summed E-state index contributed by atoms with van der Waals surface area (Å²) in [5.41, 5.74) is -1.70. The summed E-state index contributed by atoms with van der Waals surface area (Å²) in [6.45, 7) is 0.209. The van der Waals surface area contributed by atoms with Crippen LogP contribution in [0.2, 0.25) is 0 Å². The average molecular weight is 551 g/mol. The summed E-state index contributed by atoms with van der Waals surface area (Å²) in [5, 5.41) is 7.37. The SMILES string of the molecule is CC1C(c2c[nH]c(=O)[nH]c2=O)=Nn2ccnc2C1[C@H]1C[C@@H]1c1ccc2c(C(F)(F)F)nn(CC(F)(F)F)c2c1. The van der Waals surface area contributed by atoms with Crippen molar-refractivity contribution in [2.24, 2.45) is 16.9 Å². The Kier molecular flexibility index (Phi) is 5.42. The predicted octanol–water partition coefficient (Wildman–Crippen LogP) is 3.98. The Balaban J connectivity index is 1.37. The van der Waals surface area contributed by atoms with E-state index in [1.54, 1.807) is 12.4 Å². The van der Waals surface area contributed by atoms with E-state index in [9.17, 15) is 35.9 Å². The Bertz CT molecular complexity index is 1740. The van der Waals surface area contributed by atoms with Gasteiger partial charge in [0.1, 0.15) is 12.4 Å². The molecule has 0 radical (unpaired) electrons. The molecule has 4 aromatic rings. The van der Waals surface area contributed by atoms with Gasteiger partial charge in [0, 0.05) is 35.8 Å². The van der Waals surface area contributed by atoms with Crippen LogP contribution in [-0.2, 0) is 12.7 Å². The van der Waals surface area contributed by atoms with Crippen molar-refractivity contribution in [3.05, 3.63) is 80.3 Å². The van der Waals surface area contributed by atoms with Crippen LogP contribution < -0.4 is 11.2 Å². The van der Waals surface area contributed by atoms with E-state index in [1.807, 2.05) is 6.92 Å². The maximum atomic E-state index is 13.5. The minimum atomic E-state index is -4.91. The number of aromatic amines is 2. The molecule has 6 rings (SSSR count). The van der Waals surface area contributed by atoms with Crippen LogP contribution in [0.5, 0.6) is 0 Å². The largest absolute Gasteiger partial charge is 0.435 e. The summed E-state index contributed by atoms with van der Waals surface area (Å²) in [7, 11) is 0. The van der Waals surface area contributed by atoms with Gasteiger partial charge in [0.2, 0.25) is 0 Å². The van der Waals surface area contributed by atoms with Gasteiger partial charge in [-0.15, -0.1) is 0 Å². The van der Waals surface area contributed by atoms with Crippen LogP contribution in [0, 0.1) is 11.8 Å². The minimum Gasteiger partial charge on any atom is -0.313 e. The fourth-order valence-corrected chi connectivity index (χ4v) is 5.61. The number of rotatable bonds is 4. The Hall–Kier alpha value is -4.17. The van der Waals surface area contributed by atoms with Gasteiger partial charge in [0.25, 0.3) is 5.56 Å². The zero-order valence-electron chi connectivity index (χ0n) is 20.0. The van der Waals surface area contributed by atoms with Gasteiger partial charge in [0.15, 0.2) is 5.69 Å². The molecule has 39 heavy (non-hydrogen) atoms. The number of hydrogen-bond donors (Lipinski definition) is 2. The molecule has 3 aromatic heterocycles. The first-order valence-electron chi connectivity index (χ1n) is 11.9. The highest BCUT2D eigenvalue weighted by atomic mass is 19.4. The van der Waals surface area contributed by atoms with E-state index in [4.69, 9.17) is 0 Å². The van der Waals surface area contributed by atoms with Gasteiger partial charge in [-0.2, -0.15) is 36.5 Å². The molecule has 0 amide bonds. The normalized spacial score (nSPS) is 23.1. The molecule has 2 unspecified atom stereocenters. The lowest BCUT2D eigenvalue weighted by atomic mass is 9.81. The second-order valence-corrected chi connectivity index (χ2v) is 9.82. The second-order valence-electron chi connectivity index (χ2n) is 9.82. The van der Waals surface area contributed by atoms with Crippen molar-refractivity contribution in [3.8, 4) is 0 Å². The Labute approximate surface area is 214 Å². The van der Waals surface area contributed by atoms with Crippen LogP contribution in [-0.4, -0.2) is 41.3 Å². The number of benzene rings is 1. The van der Waals surface area contributed by atoms with Crippen molar-refractivity contribution in [1.29, 1.82) is 0 Å². The van der Waals surface area contributed by atoms with Gasteiger partial charge in [-0.25, -0.2) is 14.5 Å². The van der Waals surface area contributed by atoms with Crippen LogP contribution in [0.15, 0.2) is 51.5 Å². The predicted molar refractivity (Wildman–Crippen MR) is 125 cm³/mol. The molecule has 0 bridgehead atoms. The number of fused-ring (bicyclic) bond motifs is 2. The van der Waals surface area contributed by atoms with Gasteiger partial charge in [0.05, 0.1) is 16.8 Å². The summed E-state index contributed by atoms with van der Waals surface area (Å²) in [6.07, 6.45) is -4.62. The summed E-state index contributed by atoms with van der Waals surface area (Å²) in [4.78, 5) is 33.0. The van der Waals surface area contributed by atoms with E-state index in [0.717, 1.165) is 0 Å². The molecular formula is C24H19F6N7O2. The number of nitrogens with one attached hydrogen (secondary N) is 2. The third-order valence-corrected chi connectivity index (χ3v) is 7.33. The Morgan fingerprint density at radius 1 is 1.13 bits per heavy atom. The number of hydrogen-bond acceptors (Lipinski definition) is 5. The van der Waals surface area contributed by atoms with Gasteiger partial charge < -0.3 is 4.98 Å². The first-order chi connectivity index (χ1) is 18.3. The lowest BCUT2D eigenvalue weighted by Gasteiger charge is -2.29. The fraction of sp³-hybridized carbons (Fsp3) is 0.375. The number of aromatic nitrogens is 6. The Morgan fingerprint density at radius 2 is 1.90 bits per heavy atom. The van der Waals surface area contributed by atoms with Crippen LogP contribution in [0.25, 0.3) is 10.9 Å². The molecule has 1 aliphatic heterocycles. The molecule has 1 aromatic carbocycles. The monoisotopic (exact) mass is 551 g/mol.